The number of carbonyl (C=O) groups is 1. The fraction of sp³-hybridized carbons (Fsp3) is 0.0909. The topological polar surface area (TPSA) is 80.7 Å². The molecule has 0 aliphatic rings. The van der Waals surface area contributed by atoms with Gasteiger partial charge in [0.2, 0.25) is 5.91 Å². The molecule has 0 unspecified atom stereocenters. The molecule has 3 aromatic rings. The molecule has 28 heavy (non-hydrogen) atoms. The molecule has 0 radical (unpaired) electrons. The van der Waals surface area contributed by atoms with E-state index in [0.29, 0.717) is 29.4 Å². The van der Waals surface area contributed by atoms with Crippen LogP contribution >= 0.6 is 0 Å². The molecule has 0 aliphatic carbocycles. The number of benzene rings is 2. The van der Waals surface area contributed by atoms with Gasteiger partial charge >= 0.3 is 0 Å². The van der Waals surface area contributed by atoms with Crippen molar-refractivity contribution in [2.24, 2.45) is 0 Å². The van der Waals surface area contributed by atoms with Gasteiger partial charge < -0.3 is 19.9 Å². The number of amides is 1. The van der Waals surface area contributed by atoms with Crippen molar-refractivity contribution >= 4 is 17.7 Å². The van der Waals surface area contributed by atoms with Crippen molar-refractivity contribution in [3.63, 3.8) is 0 Å². The SMILES string of the molecule is COc1ccc(C=CC(=O)Nc2cccc(OCc3cccnc3)c2)cc1O. The number of phenols is 1. The van der Waals surface area contributed by atoms with Crippen LogP contribution in [0.4, 0.5) is 5.69 Å². The first-order chi connectivity index (χ1) is 13.6. The Bertz CT molecular complexity index is 971. The number of aromatic hydroxyl groups is 1. The number of pyridine rings is 1. The van der Waals surface area contributed by atoms with E-state index in [4.69, 9.17) is 9.47 Å². The van der Waals surface area contributed by atoms with E-state index in [0.717, 1.165) is 5.56 Å². The molecule has 0 aliphatic heterocycles. The van der Waals surface area contributed by atoms with Crippen LogP contribution in [-0.4, -0.2) is 23.1 Å². The molecule has 2 aromatic carbocycles. The smallest absolute Gasteiger partial charge is 0.248 e. The minimum absolute atomic E-state index is 0.0172. The number of nitrogens with zero attached hydrogens (tertiary/aromatic N) is 1. The molecule has 0 fully saturated rings. The number of nitrogens with one attached hydrogen (secondary N) is 1. The first-order valence-corrected chi connectivity index (χ1v) is 8.62. The molecule has 6 nitrogen and oxygen atoms in total. The van der Waals surface area contributed by atoms with E-state index >= 15 is 0 Å². The summed E-state index contributed by atoms with van der Waals surface area (Å²) in [5.74, 6) is 0.749. The second kappa shape index (κ2) is 9.23. The third-order valence-corrected chi connectivity index (χ3v) is 3.86. The summed E-state index contributed by atoms with van der Waals surface area (Å²) >= 11 is 0. The highest BCUT2D eigenvalue weighted by Crippen LogP contribution is 2.26. The predicted octanol–water partition coefficient (Wildman–Crippen LogP) is 4.03. The van der Waals surface area contributed by atoms with E-state index < -0.39 is 0 Å². The highest BCUT2D eigenvalue weighted by Gasteiger charge is 2.03. The molecule has 1 aromatic heterocycles. The van der Waals surface area contributed by atoms with Crippen LogP contribution in [0.1, 0.15) is 11.1 Å². The van der Waals surface area contributed by atoms with Crippen molar-refractivity contribution in [2.45, 2.75) is 6.61 Å². The zero-order valence-corrected chi connectivity index (χ0v) is 15.3. The molecule has 3 rings (SSSR count). The number of ether oxygens (including phenoxy) is 2. The number of anilines is 1. The maximum Gasteiger partial charge on any atom is 0.248 e. The number of methoxy groups -OCH3 is 1. The van der Waals surface area contributed by atoms with E-state index in [-0.39, 0.29) is 11.7 Å². The van der Waals surface area contributed by atoms with Crippen LogP contribution in [-0.2, 0) is 11.4 Å². The average molecular weight is 376 g/mol. The van der Waals surface area contributed by atoms with Gasteiger partial charge in [0.05, 0.1) is 7.11 Å². The molecule has 1 heterocycles. The lowest BCUT2D eigenvalue weighted by atomic mass is 10.2. The second-order valence-electron chi connectivity index (χ2n) is 5.93. The Morgan fingerprint density at radius 3 is 2.82 bits per heavy atom. The number of phenolic OH excluding ortho intramolecular Hbond substituents is 1. The minimum atomic E-state index is -0.292. The van der Waals surface area contributed by atoms with Gasteiger partial charge in [-0.05, 0) is 42.0 Å². The molecule has 2 N–H and O–H groups in total. The zero-order chi connectivity index (χ0) is 19.8. The maximum atomic E-state index is 12.2. The van der Waals surface area contributed by atoms with Crippen LogP contribution < -0.4 is 14.8 Å². The minimum Gasteiger partial charge on any atom is -0.504 e. The van der Waals surface area contributed by atoms with Crippen molar-refractivity contribution < 1.29 is 19.4 Å². The lowest BCUT2D eigenvalue weighted by molar-refractivity contribution is -0.111. The van der Waals surface area contributed by atoms with Crippen molar-refractivity contribution in [1.82, 2.24) is 4.98 Å². The fourth-order valence-corrected chi connectivity index (χ4v) is 2.48. The van der Waals surface area contributed by atoms with Gasteiger partial charge in [-0.3, -0.25) is 9.78 Å². The van der Waals surface area contributed by atoms with Gasteiger partial charge in [-0.25, -0.2) is 0 Å². The quantitative estimate of drug-likeness (QED) is 0.609. The van der Waals surface area contributed by atoms with Crippen molar-refractivity contribution in [1.29, 1.82) is 0 Å². The highest BCUT2D eigenvalue weighted by molar-refractivity contribution is 6.02. The molecule has 0 atom stereocenters. The summed E-state index contributed by atoms with van der Waals surface area (Å²) in [6.45, 7) is 0.395. The van der Waals surface area contributed by atoms with E-state index in [1.807, 2.05) is 18.2 Å². The standard InChI is InChI=1S/C22H20N2O4/c1-27-21-9-7-16(12-20(21)25)8-10-22(26)24-18-5-2-6-19(13-18)28-15-17-4-3-11-23-14-17/h2-14,25H,15H2,1H3,(H,24,26). The molecule has 1 amide bonds. The van der Waals surface area contributed by atoms with Gasteiger partial charge in [-0.2, -0.15) is 0 Å². The monoisotopic (exact) mass is 376 g/mol. The van der Waals surface area contributed by atoms with Crippen molar-refractivity contribution in [3.05, 3.63) is 84.2 Å². The normalized spacial score (nSPS) is 10.6. The van der Waals surface area contributed by atoms with Crippen LogP contribution in [0.15, 0.2) is 73.1 Å². The average Bonchev–Trinajstić information content (AvgIpc) is 2.72. The van der Waals surface area contributed by atoms with Gasteiger partial charge in [0, 0.05) is 35.8 Å². The Labute approximate surface area is 163 Å². The summed E-state index contributed by atoms with van der Waals surface area (Å²) in [7, 11) is 1.48. The van der Waals surface area contributed by atoms with E-state index in [2.05, 4.69) is 10.3 Å². The molecule has 0 bridgehead atoms. The maximum absolute atomic E-state index is 12.2. The highest BCUT2D eigenvalue weighted by atomic mass is 16.5. The molecule has 0 spiro atoms. The molecular formula is C22H20N2O4. The van der Waals surface area contributed by atoms with Crippen molar-refractivity contribution in [2.75, 3.05) is 12.4 Å². The van der Waals surface area contributed by atoms with Gasteiger partial charge in [-0.1, -0.05) is 18.2 Å². The van der Waals surface area contributed by atoms with Crippen LogP contribution in [0.5, 0.6) is 17.2 Å². The summed E-state index contributed by atoms with van der Waals surface area (Å²) in [5, 5.41) is 12.6. The predicted molar refractivity (Wildman–Crippen MR) is 107 cm³/mol. The largest absolute Gasteiger partial charge is 0.504 e. The number of carbonyl (C=O) groups excluding carboxylic acids is 1. The number of hydrogen-bond donors (Lipinski definition) is 2. The Morgan fingerprint density at radius 1 is 1.18 bits per heavy atom. The van der Waals surface area contributed by atoms with Crippen LogP contribution in [0.25, 0.3) is 6.08 Å². The van der Waals surface area contributed by atoms with Crippen molar-refractivity contribution in [3.8, 4) is 17.2 Å². The Balaban J connectivity index is 1.58. The molecule has 6 heteroatoms. The van der Waals surface area contributed by atoms with E-state index in [9.17, 15) is 9.90 Å². The number of aromatic nitrogens is 1. The molecule has 0 saturated heterocycles. The summed E-state index contributed by atoms with van der Waals surface area (Å²) < 4.78 is 10.7. The molecular weight excluding hydrogens is 356 g/mol. The second-order valence-corrected chi connectivity index (χ2v) is 5.93. The van der Waals surface area contributed by atoms with Crippen LogP contribution in [0.2, 0.25) is 0 Å². The van der Waals surface area contributed by atoms with E-state index in [1.165, 1.54) is 19.3 Å². The number of rotatable bonds is 7. The van der Waals surface area contributed by atoms with Gasteiger partial charge in [0.1, 0.15) is 12.4 Å². The molecule has 0 saturated carbocycles. The lowest BCUT2D eigenvalue weighted by Gasteiger charge is -2.08. The van der Waals surface area contributed by atoms with Gasteiger partial charge in [0.15, 0.2) is 11.5 Å². The third kappa shape index (κ3) is 5.35. The summed E-state index contributed by atoms with van der Waals surface area (Å²) in [6.07, 6.45) is 6.45. The number of hydrogen-bond acceptors (Lipinski definition) is 5. The lowest BCUT2D eigenvalue weighted by Crippen LogP contribution is -2.07. The Hall–Kier alpha value is -3.80. The van der Waals surface area contributed by atoms with Crippen LogP contribution in [0.3, 0.4) is 0 Å². The Kier molecular flexibility index (Phi) is 6.25. The van der Waals surface area contributed by atoms with Gasteiger partial charge in [-0.15, -0.1) is 0 Å². The molecule has 142 valence electrons. The first-order valence-electron chi connectivity index (χ1n) is 8.62. The van der Waals surface area contributed by atoms with Crippen LogP contribution in [0, 0.1) is 0 Å². The third-order valence-electron chi connectivity index (χ3n) is 3.86. The Morgan fingerprint density at radius 2 is 2.07 bits per heavy atom. The summed E-state index contributed by atoms with van der Waals surface area (Å²) in [4.78, 5) is 16.2. The van der Waals surface area contributed by atoms with E-state index in [1.54, 1.807) is 48.8 Å². The summed E-state index contributed by atoms with van der Waals surface area (Å²) in [5.41, 5.74) is 2.26. The summed E-state index contributed by atoms with van der Waals surface area (Å²) in [6, 6.07) is 15.8. The van der Waals surface area contributed by atoms with Gasteiger partial charge in [0.25, 0.3) is 0 Å². The first kappa shape index (κ1) is 19.0. The fourth-order valence-electron chi connectivity index (χ4n) is 2.48. The zero-order valence-electron chi connectivity index (χ0n) is 15.3.